The van der Waals surface area contributed by atoms with Gasteiger partial charge in [0.1, 0.15) is 17.2 Å². The van der Waals surface area contributed by atoms with Crippen LogP contribution in [0.5, 0.6) is 17.4 Å². The lowest BCUT2D eigenvalue weighted by molar-refractivity contribution is 0.100. The highest BCUT2D eigenvalue weighted by molar-refractivity contribution is 5.65. The van der Waals surface area contributed by atoms with Gasteiger partial charge in [0.05, 0.1) is 18.8 Å². The quantitative estimate of drug-likeness (QED) is 0.419. The smallest absolute Gasteiger partial charge is 0.222 e. The summed E-state index contributed by atoms with van der Waals surface area (Å²) in [5.74, 6) is 2.13. The Morgan fingerprint density at radius 2 is 1.78 bits per heavy atom. The lowest BCUT2D eigenvalue weighted by Gasteiger charge is -2.25. The van der Waals surface area contributed by atoms with Gasteiger partial charge in [-0.2, -0.15) is 5.10 Å². The number of ether oxygens (including phenoxy) is 2. The highest BCUT2D eigenvalue weighted by Crippen LogP contribution is 2.35. The Bertz CT molecular complexity index is 972. The monoisotopic (exact) mass is 437 g/mol. The Labute approximate surface area is 191 Å². The minimum absolute atomic E-state index is 0.342. The van der Waals surface area contributed by atoms with Crippen LogP contribution in [0.15, 0.2) is 54.6 Å². The van der Waals surface area contributed by atoms with Crippen LogP contribution in [0.25, 0.3) is 11.3 Å². The molecule has 0 amide bonds. The van der Waals surface area contributed by atoms with Crippen LogP contribution in [-0.2, 0) is 13.6 Å². The van der Waals surface area contributed by atoms with Crippen molar-refractivity contribution >= 4 is 0 Å². The Kier molecular flexibility index (Phi) is 8.71. The summed E-state index contributed by atoms with van der Waals surface area (Å²) in [6.07, 6.45) is 2.43. The molecule has 1 unspecified atom stereocenters. The fourth-order valence-corrected chi connectivity index (χ4v) is 3.92. The second kappa shape index (κ2) is 11.7. The summed E-state index contributed by atoms with van der Waals surface area (Å²) < 4.78 is 13.5. The number of hydrogen-bond donors (Lipinski definition) is 1. The van der Waals surface area contributed by atoms with Crippen molar-refractivity contribution in [3.63, 3.8) is 0 Å². The molecule has 1 N–H and O–H groups in total. The van der Waals surface area contributed by atoms with Gasteiger partial charge >= 0.3 is 0 Å². The number of benzene rings is 2. The molecule has 0 aliphatic rings. The molecule has 2 aromatic carbocycles. The maximum absolute atomic E-state index is 10.5. The molecule has 1 heterocycles. The SMILES string of the molecule is CCCC(O)CN(CCC)Cc1c(-c2ccccc2)nn(C)c1Oc1cccc(OC)c1. The van der Waals surface area contributed by atoms with E-state index in [0.29, 0.717) is 24.7 Å². The predicted molar refractivity (Wildman–Crippen MR) is 128 cm³/mol. The van der Waals surface area contributed by atoms with E-state index in [0.717, 1.165) is 48.4 Å². The summed E-state index contributed by atoms with van der Waals surface area (Å²) in [4.78, 5) is 2.29. The lowest BCUT2D eigenvalue weighted by atomic mass is 10.1. The van der Waals surface area contributed by atoms with E-state index in [1.807, 2.05) is 49.5 Å². The van der Waals surface area contributed by atoms with Crippen LogP contribution in [-0.4, -0.2) is 46.1 Å². The Morgan fingerprint density at radius 1 is 1.03 bits per heavy atom. The molecular weight excluding hydrogens is 402 g/mol. The normalized spacial score (nSPS) is 12.2. The molecule has 1 atom stereocenters. The van der Waals surface area contributed by atoms with Gasteiger partial charge < -0.3 is 14.6 Å². The number of nitrogens with zero attached hydrogens (tertiary/aromatic N) is 3. The number of aryl methyl sites for hydroxylation is 1. The van der Waals surface area contributed by atoms with Gasteiger partial charge in [0.25, 0.3) is 0 Å². The van der Waals surface area contributed by atoms with E-state index >= 15 is 0 Å². The number of aliphatic hydroxyl groups excluding tert-OH is 1. The highest BCUT2D eigenvalue weighted by atomic mass is 16.5. The zero-order chi connectivity index (χ0) is 22.9. The van der Waals surface area contributed by atoms with E-state index in [9.17, 15) is 5.11 Å². The Morgan fingerprint density at radius 3 is 2.47 bits per heavy atom. The van der Waals surface area contributed by atoms with Gasteiger partial charge in [0, 0.05) is 31.8 Å². The van der Waals surface area contributed by atoms with Crippen LogP contribution in [0.1, 0.15) is 38.7 Å². The van der Waals surface area contributed by atoms with Gasteiger partial charge in [-0.25, -0.2) is 4.68 Å². The molecule has 6 nitrogen and oxygen atoms in total. The molecule has 0 fully saturated rings. The van der Waals surface area contributed by atoms with Gasteiger partial charge in [-0.15, -0.1) is 0 Å². The third-order valence-corrected chi connectivity index (χ3v) is 5.40. The first-order valence-corrected chi connectivity index (χ1v) is 11.4. The van der Waals surface area contributed by atoms with Crippen molar-refractivity contribution < 1.29 is 14.6 Å². The number of aliphatic hydroxyl groups is 1. The van der Waals surface area contributed by atoms with Gasteiger partial charge in [-0.1, -0.05) is 56.7 Å². The van der Waals surface area contributed by atoms with Crippen LogP contribution >= 0.6 is 0 Å². The third kappa shape index (κ3) is 6.11. The minimum atomic E-state index is -0.342. The molecule has 0 radical (unpaired) electrons. The van der Waals surface area contributed by atoms with Crippen molar-refractivity contribution in [1.29, 1.82) is 0 Å². The number of hydrogen-bond acceptors (Lipinski definition) is 5. The van der Waals surface area contributed by atoms with E-state index < -0.39 is 0 Å². The van der Waals surface area contributed by atoms with Crippen molar-refractivity contribution in [1.82, 2.24) is 14.7 Å². The van der Waals surface area contributed by atoms with Crippen LogP contribution in [0.2, 0.25) is 0 Å². The molecule has 0 saturated heterocycles. The van der Waals surface area contributed by atoms with Crippen molar-refractivity contribution in [2.75, 3.05) is 20.2 Å². The molecule has 172 valence electrons. The minimum Gasteiger partial charge on any atom is -0.497 e. The average molecular weight is 438 g/mol. The molecule has 3 aromatic rings. The summed E-state index contributed by atoms with van der Waals surface area (Å²) in [5.41, 5.74) is 2.96. The van der Waals surface area contributed by atoms with E-state index in [2.05, 4.69) is 30.9 Å². The van der Waals surface area contributed by atoms with E-state index in [-0.39, 0.29) is 6.10 Å². The van der Waals surface area contributed by atoms with Crippen molar-refractivity contribution in [3.8, 4) is 28.6 Å². The fourth-order valence-electron chi connectivity index (χ4n) is 3.92. The van der Waals surface area contributed by atoms with Gasteiger partial charge in [-0.3, -0.25) is 4.90 Å². The highest BCUT2D eigenvalue weighted by Gasteiger charge is 2.23. The predicted octanol–water partition coefficient (Wildman–Crippen LogP) is 5.26. The van der Waals surface area contributed by atoms with Crippen molar-refractivity contribution in [3.05, 3.63) is 60.2 Å². The first-order chi connectivity index (χ1) is 15.5. The maximum Gasteiger partial charge on any atom is 0.222 e. The Hall–Kier alpha value is -2.83. The van der Waals surface area contributed by atoms with Crippen LogP contribution < -0.4 is 9.47 Å². The molecular formula is C26H35N3O3. The standard InChI is InChI=1S/C26H35N3O3/c1-5-11-21(30)18-29(16-6-2)19-24-25(20-12-8-7-9-13-20)27-28(3)26(24)32-23-15-10-14-22(17-23)31-4/h7-10,12-15,17,21,30H,5-6,11,16,18-19H2,1-4H3. The second-order valence-electron chi connectivity index (χ2n) is 8.08. The van der Waals surface area contributed by atoms with E-state index in [1.165, 1.54) is 0 Å². The summed E-state index contributed by atoms with van der Waals surface area (Å²) in [5, 5.41) is 15.3. The topological polar surface area (TPSA) is 59.8 Å². The zero-order valence-electron chi connectivity index (χ0n) is 19.6. The number of methoxy groups -OCH3 is 1. The van der Waals surface area contributed by atoms with Gasteiger partial charge in [-0.05, 0) is 31.5 Å². The van der Waals surface area contributed by atoms with Crippen LogP contribution in [0.4, 0.5) is 0 Å². The lowest BCUT2D eigenvalue weighted by Crippen LogP contribution is -2.32. The molecule has 0 saturated carbocycles. The molecule has 0 aliphatic carbocycles. The fraction of sp³-hybridized carbons (Fsp3) is 0.423. The average Bonchev–Trinajstić information content (AvgIpc) is 3.10. The number of rotatable bonds is 12. The molecule has 1 aromatic heterocycles. The first-order valence-electron chi connectivity index (χ1n) is 11.4. The summed E-state index contributed by atoms with van der Waals surface area (Å²) in [7, 11) is 3.55. The van der Waals surface area contributed by atoms with Gasteiger partial charge in [0.15, 0.2) is 0 Å². The summed E-state index contributed by atoms with van der Waals surface area (Å²) in [6, 6.07) is 17.8. The third-order valence-electron chi connectivity index (χ3n) is 5.40. The maximum atomic E-state index is 10.5. The second-order valence-corrected chi connectivity index (χ2v) is 8.08. The molecule has 0 bridgehead atoms. The first kappa shape index (κ1) is 23.8. The van der Waals surface area contributed by atoms with Crippen molar-refractivity contribution in [2.45, 2.75) is 45.8 Å². The molecule has 0 aliphatic heterocycles. The van der Waals surface area contributed by atoms with E-state index in [1.54, 1.807) is 11.8 Å². The zero-order valence-corrected chi connectivity index (χ0v) is 19.6. The molecule has 0 spiro atoms. The number of aromatic nitrogens is 2. The summed E-state index contributed by atoms with van der Waals surface area (Å²) >= 11 is 0. The Balaban J connectivity index is 1.99. The molecule has 32 heavy (non-hydrogen) atoms. The van der Waals surface area contributed by atoms with Crippen LogP contribution in [0, 0.1) is 0 Å². The van der Waals surface area contributed by atoms with Crippen molar-refractivity contribution in [2.24, 2.45) is 7.05 Å². The largest absolute Gasteiger partial charge is 0.497 e. The molecule has 3 rings (SSSR count). The molecule has 6 heteroatoms. The van der Waals surface area contributed by atoms with Gasteiger partial charge in [0.2, 0.25) is 5.88 Å². The summed E-state index contributed by atoms with van der Waals surface area (Å²) in [6.45, 7) is 6.42. The van der Waals surface area contributed by atoms with E-state index in [4.69, 9.17) is 14.6 Å². The van der Waals surface area contributed by atoms with Crippen LogP contribution in [0.3, 0.4) is 0 Å².